The molecule has 0 spiro atoms. The third-order valence-electron chi connectivity index (χ3n) is 4.43. The van der Waals surface area contributed by atoms with E-state index in [9.17, 15) is 4.79 Å². The van der Waals surface area contributed by atoms with Crippen LogP contribution in [0, 0.1) is 13.8 Å². The molecule has 148 valence electrons. The van der Waals surface area contributed by atoms with E-state index in [1.165, 1.54) is 0 Å². The normalized spacial score (nSPS) is 11.0. The monoisotopic (exact) mass is 409 g/mol. The van der Waals surface area contributed by atoms with Gasteiger partial charge in [-0.2, -0.15) is 10.2 Å². The van der Waals surface area contributed by atoms with Gasteiger partial charge in [0.15, 0.2) is 11.6 Å². The molecule has 0 fully saturated rings. The molecule has 4 rings (SSSR count). The first-order valence-corrected chi connectivity index (χ1v) is 9.53. The van der Waals surface area contributed by atoms with E-state index in [2.05, 4.69) is 15.5 Å². The summed E-state index contributed by atoms with van der Waals surface area (Å²) in [6.07, 6.45) is 1.81. The van der Waals surface area contributed by atoms with Crippen LogP contribution in [0.2, 0.25) is 5.02 Å². The fraction of sp³-hybridized carbons (Fsp3) is 0.190. The Morgan fingerprint density at radius 2 is 1.86 bits per heavy atom. The summed E-state index contributed by atoms with van der Waals surface area (Å²) < 4.78 is 9.27. The molecular weight excluding hydrogens is 390 g/mol. The highest BCUT2D eigenvalue weighted by Crippen LogP contribution is 2.15. The molecule has 0 saturated heterocycles. The highest BCUT2D eigenvalue weighted by Gasteiger charge is 2.14. The van der Waals surface area contributed by atoms with Crippen molar-refractivity contribution in [3.8, 4) is 0 Å². The Bertz CT molecular complexity index is 1140. The van der Waals surface area contributed by atoms with E-state index in [-0.39, 0.29) is 11.7 Å². The second kappa shape index (κ2) is 7.97. The van der Waals surface area contributed by atoms with Crippen molar-refractivity contribution in [1.82, 2.24) is 19.6 Å². The van der Waals surface area contributed by atoms with Crippen LogP contribution in [-0.4, -0.2) is 25.5 Å². The van der Waals surface area contributed by atoms with Gasteiger partial charge in [0.05, 0.1) is 18.8 Å². The molecule has 0 unspecified atom stereocenters. The van der Waals surface area contributed by atoms with E-state index in [0.29, 0.717) is 29.7 Å². The lowest BCUT2D eigenvalue weighted by Crippen LogP contribution is -2.12. The lowest BCUT2D eigenvalue weighted by atomic mass is 10.2. The van der Waals surface area contributed by atoms with Crippen molar-refractivity contribution in [2.24, 2.45) is 0 Å². The standard InChI is InChI=1S/C21H20ClN5O2/c1-14-11-15(2)27(24-14)13-18-7-8-19(29-18)21(28)23-20-9-10-26(25-20)12-16-3-5-17(22)6-4-16/h3-11H,12-13H2,1-2H3,(H,23,25,28). The third kappa shape index (κ3) is 4.57. The number of rotatable bonds is 6. The van der Waals surface area contributed by atoms with Crippen molar-refractivity contribution in [3.63, 3.8) is 0 Å². The van der Waals surface area contributed by atoms with Gasteiger partial charge in [-0.15, -0.1) is 0 Å². The topological polar surface area (TPSA) is 77.9 Å². The van der Waals surface area contributed by atoms with Gasteiger partial charge in [-0.1, -0.05) is 23.7 Å². The minimum absolute atomic E-state index is 0.230. The molecule has 0 saturated carbocycles. The van der Waals surface area contributed by atoms with Crippen LogP contribution >= 0.6 is 11.6 Å². The number of benzene rings is 1. The second-order valence-corrected chi connectivity index (χ2v) is 7.27. The van der Waals surface area contributed by atoms with Gasteiger partial charge in [-0.25, -0.2) is 0 Å². The van der Waals surface area contributed by atoms with E-state index in [4.69, 9.17) is 16.0 Å². The van der Waals surface area contributed by atoms with Crippen molar-refractivity contribution in [2.45, 2.75) is 26.9 Å². The number of nitrogens with zero attached hydrogens (tertiary/aromatic N) is 4. The van der Waals surface area contributed by atoms with Gasteiger partial charge < -0.3 is 9.73 Å². The summed E-state index contributed by atoms with van der Waals surface area (Å²) in [5.74, 6) is 1.00. The molecule has 0 bridgehead atoms. The van der Waals surface area contributed by atoms with E-state index < -0.39 is 0 Å². The first kappa shape index (κ1) is 19.0. The average molecular weight is 410 g/mol. The minimum atomic E-state index is -0.346. The zero-order chi connectivity index (χ0) is 20.4. The number of nitrogens with one attached hydrogen (secondary N) is 1. The molecule has 29 heavy (non-hydrogen) atoms. The first-order valence-electron chi connectivity index (χ1n) is 9.15. The van der Waals surface area contributed by atoms with Crippen molar-refractivity contribution >= 4 is 23.3 Å². The molecule has 0 radical (unpaired) electrons. The lowest BCUT2D eigenvalue weighted by Gasteiger charge is -2.03. The van der Waals surface area contributed by atoms with Crippen LogP contribution in [-0.2, 0) is 13.1 Å². The molecule has 0 atom stereocenters. The van der Waals surface area contributed by atoms with Crippen LogP contribution in [0.5, 0.6) is 0 Å². The highest BCUT2D eigenvalue weighted by atomic mass is 35.5. The fourth-order valence-corrected chi connectivity index (χ4v) is 3.16. The number of carbonyl (C=O) groups excluding carboxylic acids is 1. The van der Waals surface area contributed by atoms with Gasteiger partial charge >= 0.3 is 0 Å². The molecule has 3 aromatic heterocycles. The lowest BCUT2D eigenvalue weighted by molar-refractivity contribution is 0.0994. The van der Waals surface area contributed by atoms with Crippen LogP contribution in [0.15, 0.2) is 59.1 Å². The summed E-state index contributed by atoms with van der Waals surface area (Å²) in [5, 5.41) is 12.2. The number of aryl methyl sites for hydroxylation is 2. The zero-order valence-electron chi connectivity index (χ0n) is 16.1. The largest absolute Gasteiger partial charge is 0.454 e. The third-order valence-corrected chi connectivity index (χ3v) is 4.69. The van der Waals surface area contributed by atoms with Crippen LogP contribution in [0.1, 0.15) is 33.3 Å². The summed E-state index contributed by atoms with van der Waals surface area (Å²) >= 11 is 5.91. The van der Waals surface area contributed by atoms with Gasteiger partial charge in [-0.05, 0) is 49.7 Å². The van der Waals surface area contributed by atoms with Gasteiger partial charge in [0, 0.05) is 23.0 Å². The Hall–Kier alpha value is -3.32. The maximum absolute atomic E-state index is 12.5. The first-order chi connectivity index (χ1) is 14.0. The second-order valence-electron chi connectivity index (χ2n) is 6.83. The van der Waals surface area contributed by atoms with E-state index in [1.54, 1.807) is 29.1 Å². The van der Waals surface area contributed by atoms with Crippen molar-refractivity contribution < 1.29 is 9.21 Å². The Labute approximate surface area is 172 Å². The van der Waals surface area contributed by atoms with Crippen LogP contribution < -0.4 is 5.32 Å². The average Bonchev–Trinajstić information content (AvgIpc) is 3.39. The van der Waals surface area contributed by atoms with Crippen molar-refractivity contribution in [1.29, 1.82) is 0 Å². The molecule has 7 nitrogen and oxygen atoms in total. The predicted octanol–water partition coefficient (Wildman–Crippen LogP) is 4.29. The molecule has 0 aliphatic rings. The Kier molecular flexibility index (Phi) is 5.22. The number of carbonyl (C=O) groups is 1. The summed E-state index contributed by atoms with van der Waals surface area (Å²) in [4.78, 5) is 12.5. The molecule has 0 aliphatic carbocycles. The molecule has 4 aromatic rings. The van der Waals surface area contributed by atoms with E-state index in [1.807, 2.05) is 48.9 Å². The molecule has 0 aliphatic heterocycles. The summed E-state index contributed by atoms with van der Waals surface area (Å²) in [5.41, 5.74) is 3.05. The van der Waals surface area contributed by atoms with Crippen LogP contribution in [0.3, 0.4) is 0 Å². The Balaban J connectivity index is 1.38. The number of furan rings is 1. The summed E-state index contributed by atoms with van der Waals surface area (Å²) in [6, 6.07) is 14.7. The predicted molar refractivity (Wildman–Crippen MR) is 110 cm³/mol. The number of amides is 1. The summed E-state index contributed by atoms with van der Waals surface area (Å²) in [6.45, 7) is 4.98. The highest BCUT2D eigenvalue weighted by molar-refractivity contribution is 6.30. The fourth-order valence-electron chi connectivity index (χ4n) is 3.04. The minimum Gasteiger partial charge on any atom is -0.454 e. The maximum atomic E-state index is 12.5. The SMILES string of the molecule is Cc1cc(C)n(Cc2ccc(C(=O)Nc3ccn(Cc4ccc(Cl)cc4)n3)o2)n1. The quantitative estimate of drug-likeness (QED) is 0.515. The van der Waals surface area contributed by atoms with Crippen molar-refractivity contribution in [3.05, 3.63) is 88.2 Å². The van der Waals surface area contributed by atoms with Crippen LogP contribution in [0.4, 0.5) is 5.82 Å². The van der Waals surface area contributed by atoms with Gasteiger partial charge in [-0.3, -0.25) is 14.2 Å². The van der Waals surface area contributed by atoms with Gasteiger partial charge in [0.25, 0.3) is 5.91 Å². The molecule has 3 heterocycles. The number of hydrogen-bond donors (Lipinski definition) is 1. The van der Waals surface area contributed by atoms with E-state index >= 15 is 0 Å². The molecule has 1 aromatic carbocycles. The Morgan fingerprint density at radius 3 is 2.59 bits per heavy atom. The van der Waals surface area contributed by atoms with Crippen LogP contribution in [0.25, 0.3) is 0 Å². The molecule has 1 N–H and O–H groups in total. The Morgan fingerprint density at radius 1 is 1.07 bits per heavy atom. The number of hydrogen-bond acceptors (Lipinski definition) is 4. The van der Waals surface area contributed by atoms with Gasteiger partial charge in [0.2, 0.25) is 0 Å². The maximum Gasteiger partial charge on any atom is 0.292 e. The number of aromatic nitrogens is 4. The van der Waals surface area contributed by atoms with Crippen molar-refractivity contribution in [2.75, 3.05) is 5.32 Å². The summed E-state index contributed by atoms with van der Waals surface area (Å²) in [7, 11) is 0. The number of anilines is 1. The molecule has 1 amide bonds. The number of halogens is 1. The smallest absolute Gasteiger partial charge is 0.292 e. The molecular formula is C21H20ClN5O2. The molecule has 8 heteroatoms. The van der Waals surface area contributed by atoms with E-state index in [0.717, 1.165) is 17.0 Å². The van der Waals surface area contributed by atoms with Gasteiger partial charge in [0.1, 0.15) is 5.76 Å². The zero-order valence-corrected chi connectivity index (χ0v) is 16.8.